The SMILES string of the molecule is Cl.[O-][n+]1ccccc1S. The Morgan fingerprint density at radius 2 is 2.11 bits per heavy atom. The zero-order valence-electron chi connectivity index (χ0n) is 4.52. The zero-order valence-corrected chi connectivity index (χ0v) is 6.23. The molecule has 9 heavy (non-hydrogen) atoms. The van der Waals surface area contributed by atoms with Gasteiger partial charge in [0.05, 0.1) is 0 Å². The second-order valence-electron chi connectivity index (χ2n) is 1.38. The molecule has 0 aliphatic heterocycles. The molecule has 0 saturated carbocycles. The summed E-state index contributed by atoms with van der Waals surface area (Å²) in [5, 5.41) is 10.9. The minimum Gasteiger partial charge on any atom is -0.618 e. The van der Waals surface area contributed by atoms with Gasteiger partial charge in [-0.25, -0.2) is 0 Å². The van der Waals surface area contributed by atoms with Gasteiger partial charge in [0, 0.05) is 12.1 Å². The lowest BCUT2D eigenvalue weighted by Crippen LogP contribution is -2.26. The molecule has 0 fully saturated rings. The molecule has 0 amide bonds. The molecule has 0 aliphatic rings. The molecule has 1 rings (SSSR count). The van der Waals surface area contributed by atoms with Crippen molar-refractivity contribution in [2.75, 3.05) is 0 Å². The predicted octanol–water partition coefficient (Wildman–Crippen LogP) is 1.03. The minimum absolute atomic E-state index is 0. The Balaban J connectivity index is 0.000000640. The molecule has 50 valence electrons. The fraction of sp³-hybridized carbons (Fsp3) is 0. The van der Waals surface area contributed by atoms with Gasteiger partial charge in [-0.15, -0.1) is 12.4 Å². The summed E-state index contributed by atoms with van der Waals surface area (Å²) in [6, 6.07) is 5.06. The van der Waals surface area contributed by atoms with Crippen LogP contribution in [0.25, 0.3) is 0 Å². The summed E-state index contributed by atoms with van der Waals surface area (Å²) in [5.41, 5.74) is 0. The lowest BCUT2D eigenvalue weighted by atomic mass is 10.5. The van der Waals surface area contributed by atoms with E-state index in [4.69, 9.17) is 0 Å². The van der Waals surface area contributed by atoms with Crippen LogP contribution in [0.4, 0.5) is 0 Å². The lowest BCUT2D eigenvalue weighted by molar-refractivity contribution is -0.645. The minimum atomic E-state index is 0. The Hall–Kier alpha value is -0.410. The molecule has 0 radical (unpaired) electrons. The van der Waals surface area contributed by atoms with E-state index in [9.17, 15) is 5.21 Å². The van der Waals surface area contributed by atoms with Crippen molar-refractivity contribution in [1.29, 1.82) is 0 Å². The Bertz CT molecular complexity index is 173. The summed E-state index contributed by atoms with van der Waals surface area (Å²) < 4.78 is 0.698. The molecule has 0 bridgehead atoms. The van der Waals surface area contributed by atoms with Crippen LogP contribution >= 0.6 is 25.0 Å². The number of hydrogen-bond donors (Lipinski definition) is 1. The average Bonchev–Trinajstić information content (AvgIpc) is 1.77. The summed E-state index contributed by atoms with van der Waals surface area (Å²) in [4.78, 5) is 0. The summed E-state index contributed by atoms with van der Waals surface area (Å²) in [7, 11) is 0. The van der Waals surface area contributed by atoms with E-state index < -0.39 is 0 Å². The number of thiol groups is 1. The first-order valence-electron chi connectivity index (χ1n) is 2.18. The van der Waals surface area contributed by atoms with E-state index in [1.165, 1.54) is 6.20 Å². The molecule has 0 unspecified atom stereocenters. The van der Waals surface area contributed by atoms with E-state index in [-0.39, 0.29) is 12.4 Å². The summed E-state index contributed by atoms with van der Waals surface area (Å²) in [6.07, 6.45) is 1.41. The van der Waals surface area contributed by atoms with Gasteiger partial charge in [-0.1, -0.05) is 12.6 Å². The van der Waals surface area contributed by atoms with E-state index in [1.54, 1.807) is 18.2 Å². The van der Waals surface area contributed by atoms with Crippen LogP contribution in [-0.4, -0.2) is 0 Å². The van der Waals surface area contributed by atoms with Gasteiger partial charge >= 0.3 is 0 Å². The highest BCUT2D eigenvalue weighted by Crippen LogP contribution is 1.93. The normalized spacial score (nSPS) is 8.11. The van der Waals surface area contributed by atoms with Gasteiger partial charge in [-0.3, -0.25) is 0 Å². The zero-order chi connectivity index (χ0) is 5.98. The average molecular weight is 164 g/mol. The first-order chi connectivity index (χ1) is 3.80. The topological polar surface area (TPSA) is 26.9 Å². The number of aromatic nitrogens is 1. The van der Waals surface area contributed by atoms with Crippen molar-refractivity contribution in [2.24, 2.45) is 0 Å². The number of rotatable bonds is 0. The van der Waals surface area contributed by atoms with Gasteiger partial charge in [0.25, 0.3) is 0 Å². The van der Waals surface area contributed by atoms with Crippen LogP contribution in [0.1, 0.15) is 0 Å². The molecular weight excluding hydrogens is 158 g/mol. The van der Waals surface area contributed by atoms with Crippen LogP contribution in [0.3, 0.4) is 0 Å². The van der Waals surface area contributed by atoms with Crippen molar-refractivity contribution in [3.05, 3.63) is 29.6 Å². The maximum absolute atomic E-state index is 10.5. The highest BCUT2D eigenvalue weighted by Gasteiger charge is 1.90. The van der Waals surface area contributed by atoms with Gasteiger partial charge in [-0.05, 0) is 6.07 Å². The summed E-state index contributed by atoms with van der Waals surface area (Å²) in [5.74, 6) is 0. The summed E-state index contributed by atoms with van der Waals surface area (Å²) >= 11 is 3.85. The van der Waals surface area contributed by atoms with Crippen LogP contribution in [0.15, 0.2) is 29.4 Å². The number of halogens is 1. The van der Waals surface area contributed by atoms with Gasteiger partial charge in [0.15, 0.2) is 6.20 Å². The van der Waals surface area contributed by atoms with Gasteiger partial charge in [0.2, 0.25) is 5.03 Å². The molecule has 1 aromatic rings. The van der Waals surface area contributed by atoms with E-state index in [2.05, 4.69) is 12.6 Å². The van der Waals surface area contributed by atoms with Crippen LogP contribution < -0.4 is 4.73 Å². The third-order valence-electron chi connectivity index (χ3n) is 0.804. The first-order valence-corrected chi connectivity index (χ1v) is 2.62. The number of hydrogen-bond acceptors (Lipinski definition) is 2. The number of pyridine rings is 1. The third kappa shape index (κ3) is 2.11. The largest absolute Gasteiger partial charge is 0.618 e. The molecule has 0 atom stereocenters. The smallest absolute Gasteiger partial charge is 0.248 e. The van der Waals surface area contributed by atoms with Crippen LogP contribution in [0.5, 0.6) is 0 Å². The van der Waals surface area contributed by atoms with Crippen LogP contribution in [-0.2, 0) is 0 Å². The molecule has 2 nitrogen and oxygen atoms in total. The maximum atomic E-state index is 10.5. The van der Waals surface area contributed by atoms with Gasteiger partial charge in [0.1, 0.15) is 0 Å². The van der Waals surface area contributed by atoms with Gasteiger partial charge in [-0.2, -0.15) is 4.73 Å². The van der Waals surface area contributed by atoms with E-state index in [0.717, 1.165) is 0 Å². The van der Waals surface area contributed by atoms with Gasteiger partial charge < -0.3 is 5.21 Å². The third-order valence-corrected chi connectivity index (χ3v) is 1.15. The fourth-order valence-corrected chi connectivity index (χ4v) is 0.572. The fourth-order valence-electron chi connectivity index (χ4n) is 0.419. The lowest BCUT2D eigenvalue weighted by Gasteiger charge is -1.94. The Labute approximate surface area is 64.9 Å². The quantitative estimate of drug-likeness (QED) is 0.345. The molecule has 0 spiro atoms. The standard InChI is InChI=1S/C5H5NOS.ClH/c7-6-4-2-1-3-5(6)8;/h1-4,8H;1H. The van der Waals surface area contributed by atoms with Crippen LogP contribution in [0, 0.1) is 5.21 Å². The molecule has 0 aromatic carbocycles. The molecule has 4 heteroatoms. The monoisotopic (exact) mass is 163 g/mol. The molecular formula is C5H6ClNOS. The molecule has 1 aromatic heterocycles. The Morgan fingerprint density at radius 1 is 1.44 bits per heavy atom. The second kappa shape index (κ2) is 3.58. The Morgan fingerprint density at radius 3 is 2.44 bits per heavy atom. The maximum Gasteiger partial charge on any atom is 0.248 e. The first kappa shape index (κ1) is 8.59. The van der Waals surface area contributed by atoms with Crippen molar-refractivity contribution >= 4 is 25.0 Å². The summed E-state index contributed by atoms with van der Waals surface area (Å²) in [6.45, 7) is 0. The van der Waals surface area contributed by atoms with E-state index >= 15 is 0 Å². The highest BCUT2D eigenvalue weighted by molar-refractivity contribution is 7.80. The second-order valence-corrected chi connectivity index (χ2v) is 1.84. The van der Waals surface area contributed by atoms with Crippen molar-refractivity contribution in [3.8, 4) is 0 Å². The predicted molar refractivity (Wildman–Crippen MR) is 39.9 cm³/mol. The van der Waals surface area contributed by atoms with Crippen LogP contribution in [0.2, 0.25) is 0 Å². The van der Waals surface area contributed by atoms with Crippen molar-refractivity contribution in [1.82, 2.24) is 0 Å². The van der Waals surface area contributed by atoms with Crippen molar-refractivity contribution in [3.63, 3.8) is 0 Å². The molecule has 1 heterocycles. The Kier molecular flexibility index (Phi) is 3.42. The molecule has 0 aliphatic carbocycles. The number of nitrogens with zero attached hydrogens (tertiary/aromatic N) is 1. The molecule has 0 N–H and O–H groups in total. The van der Waals surface area contributed by atoms with Crippen molar-refractivity contribution < 1.29 is 4.73 Å². The highest BCUT2D eigenvalue weighted by atomic mass is 35.5. The van der Waals surface area contributed by atoms with E-state index in [1.807, 2.05) is 0 Å². The van der Waals surface area contributed by atoms with Crippen molar-refractivity contribution in [2.45, 2.75) is 5.03 Å². The molecule has 0 saturated heterocycles. The van der Waals surface area contributed by atoms with E-state index in [0.29, 0.717) is 9.76 Å².